The van der Waals surface area contributed by atoms with Gasteiger partial charge in [0.25, 0.3) is 0 Å². The van der Waals surface area contributed by atoms with Gasteiger partial charge in [0.05, 0.1) is 6.54 Å². The predicted molar refractivity (Wildman–Crippen MR) is 74.4 cm³/mol. The molecule has 2 aromatic rings. The third-order valence-corrected chi connectivity index (χ3v) is 4.29. The first-order valence-electron chi connectivity index (χ1n) is 6.77. The van der Waals surface area contributed by atoms with E-state index in [0.29, 0.717) is 5.41 Å². The van der Waals surface area contributed by atoms with Crippen molar-refractivity contribution in [2.75, 3.05) is 5.73 Å². The SMILES string of the molecule is CCC1(Cn2nnnc2-c2cccc(C)c2N)CC1. The number of aryl methyl sites for hydroxylation is 1. The third-order valence-electron chi connectivity index (χ3n) is 4.29. The lowest BCUT2D eigenvalue weighted by molar-refractivity contribution is 0.382. The Morgan fingerprint density at radius 3 is 2.84 bits per heavy atom. The van der Waals surface area contributed by atoms with Crippen molar-refractivity contribution in [2.24, 2.45) is 5.41 Å². The maximum absolute atomic E-state index is 6.15. The molecule has 100 valence electrons. The lowest BCUT2D eigenvalue weighted by Crippen LogP contribution is -2.14. The molecule has 0 radical (unpaired) electrons. The van der Waals surface area contributed by atoms with Gasteiger partial charge in [0.2, 0.25) is 0 Å². The van der Waals surface area contributed by atoms with Crippen molar-refractivity contribution in [3.63, 3.8) is 0 Å². The Labute approximate surface area is 112 Å². The Kier molecular flexibility index (Phi) is 2.77. The van der Waals surface area contributed by atoms with E-state index in [1.165, 1.54) is 19.3 Å². The number of tetrazole rings is 1. The quantitative estimate of drug-likeness (QED) is 0.854. The molecular formula is C14H19N5. The molecular weight excluding hydrogens is 238 g/mol. The minimum atomic E-state index is 0.405. The minimum Gasteiger partial charge on any atom is -0.398 e. The molecule has 0 spiro atoms. The number of rotatable bonds is 4. The van der Waals surface area contributed by atoms with Crippen LogP contribution < -0.4 is 5.73 Å². The number of nitrogens with two attached hydrogens (primary N) is 1. The molecule has 0 saturated heterocycles. The summed E-state index contributed by atoms with van der Waals surface area (Å²) >= 11 is 0. The average Bonchev–Trinajstić information content (AvgIpc) is 3.04. The fraction of sp³-hybridized carbons (Fsp3) is 0.500. The lowest BCUT2D eigenvalue weighted by atomic mass is 10.0. The Morgan fingerprint density at radius 1 is 1.37 bits per heavy atom. The summed E-state index contributed by atoms with van der Waals surface area (Å²) in [7, 11) is 0. The number of anilines is 1. The highest BCUT2D eigenvalue weighted by atomic mass is 15.5. The summed E-state index contributed by atoms with van der Waals surface area (Å²) < 4.78 is 1.90. The van der Waals surface area contributed by atoms with Gasteiger partial charge < -0.3 is 5.73 Å². The predicted octanol–water partition coefficient (Wildman–Crippen LogP) is 2.42. The van der Waals surface area contributed by atoms with Gasteiger partial charge in [0.15, 0.2) is 5.82 Å². The Balaban J connectivity index is 1.98. The van der Waals surface area contributed by atoms with Crippen molar-refractivity contribution in [2.45, 2.75) is 39.7 Å². The number of hydrogen-bond acceptors (Lipinski definition) is 4. The molecule has 1 aliphatic rings. The van der Waals surface area contributed by atoms with Crippen LogP contribution in [0.5, 0.6) is 0 Å². The van der Waals surface area contributed by atoms with Gasteiger partial charge in [0.1, 0.15) is 0 Å². The number of nitrogen functional groups attached to an aromatic ring is 1. The van der Waals surface area contributed by atoms with Gasteiger partial charge in [-0.25, -0.2) is 4.68 Å². The largest absolute Gasteiger partial charge is 0.398 e. The van der Waals surface area contributed by atoms with E-state index in [0.717, 1.165) is 29.2 Å². The Bertz CT molecular complexity index is 598. The highest BCUT2D eigenvalue weighted by Crippen LogP contribution is 2.50. The summed E-state index contributed by atoms with van der Waals surface area (Å²) in [6.45, 7) is 5.12. The number of nitrogens with zero attached hydrogens (tertiary/aromatic N) is 4. The highest BCUT2D eigenvalue weighted by Gasteiger charge is 2.41. The molecule has 1 aliphatic carbocycles. The van der Waals surface area contributed by atoms with E-state index in [1.54, 1.807) is 0 Å². The van der Waals surface area contributed by atoms with Crippen LogP contribution in [0, 0.1) is 12.3 Å². The molecule has 0 unspecified atom stereocenters. The van der Waals surface area contributed by atoms with Gasteiger partial charge in [-0.05, 0) is 53.7 Å². The van der Waals surface area contributed by atoms with Gasteiger partial charge >= 0.3 is 0 Å². The van der Waals surface area contributed by atoms with Gasteiger partial charge in [0, 0.05) is 11.3 Å². The second-order valence-corrected chi connectivity index (χ2v) is 5.55. The molecule has 5 heteroatoms. The number of benzene rings is 1. The zero-order valence-corrected chi connectivity index (χ0v) is 11.4. The molecule has 1 saturated carbocycles. The van der Waals surface area contributed by atoms with Gasteiger partial charge in [-0.1, -0.05) is 19.1 Å². The first-order valence-corrected chi connectivity index (χ1v) is 6.77. The fourth-order valence-corrected chi connectivity index (χ4v) is 2.50. The van der Waals surface area contributed by atoms with Crippen molar-refractivity contribution in [3.8, 4) is 11.4 Å². The molecule has 1 aromatic heterocycles. The zero-order valence-electron chi connectivity index (χ0n) is 11.4. The number of aromatic nitrogens is 4. The smallest absolute Gasteiger partial charge is 0.184 e. The molecule has 1 aromatic carbocycles. The van der Waals surface area contributed by atoms with Gasteiger partial charge in [-0.3, -0.25) is 0 Å². The number of para-hydroxylation sites is 1. The summed E-state index contributed by atoms with van der Waals surface area (Å²) in [5.41, 5.74) is 9.30. The van der Waals surface area contributed by atoms with Crippen LogP contribution in [0.4, 0.5) is 5.69 Å². The van der Waals surface area contributed by atoms with E-state index in [1.807, 2.05) is 29.8 Å². The summed E-state index contributed by atoms with van der Waals surface area (Å²) in [4.78, 5) is 0. The monoisotopic (exact) mass is 257 g/mol. The normalized spacial score (nSPS) is 16.5. The first kappa shape index (κ1) is 12.1. The molecule has 5 nitrogen and oxygen atoms in total. The molecule has 2 N–H and O–H groups in total. The molecule has 1 fully saturated rings. The van der Waals surface area contributed by atoms with Crippen LogP contribution in [-0.2, 0) is 6.54 Å². The highest BCUT2D eigenvalue weighted by molar-refractivity contribution is 5.73. The van der Waals surface area contributed by atoms with E-state index >= 15 is 0 Å². The molecule has 0 atom stereocenters. The lowest BCUT2D eigenvalue weighted by Gasteiger charge is -2.14. The van der Waals surface area contributed by atoms with Crippen molar-refractivity contribution in [1.82, 2.24) is 20.2 Å². The molecule has 0 aliphatic heterocycles. The topological polar surface area (TPSA) is 69.6 Å². The second kappa shape index (κ2) is 4.33. The first-order chi connectivity index (χ1) is 9.15. The number of hydrogen-bond donors (Lipinski definition) is 1. The summed E-state index contributed by atoms with van der Waals surface area (Å²) in [5.74, 6) is 0.779. The maximum Gasteiger partial charge on any atom is 0.184 e. The van der Waals surface area contributed by atoms with E-state index in [4.69, 9.17) is 5.73 Å². The molecule has 0 bridgehead atoms. The second-order valence-electron chi connectivity index (χ2n) is 5.55. The van der Waals surface area contributed by atoms with E-state index in [2.05, 4.69) is 22.4 Å². The fourth-order valence-electron chi connectivity index (χ4n) is 2.50. The standard InChI is InChI=1S/C14H19N5/c1-3-14(7-8-14)9-19-13(16-17-18-19)11-6-4-5-10(2)12(11)15/h4-6H,3,7-9,15H2,1-2H3. The van der Waals surface area contributed by atoms with Crippen LogP contribution in [0.25, 0.3) is 11.4 Å². The Morgan fingerprint density at radius 2 is 2.16 bits per heavy atom. The van der Waals surface area contributed by atoms with Crippen LogP contribution in [0.2, 0.25) is 0 Å². The molecule has 3 rings (SSSR count). The van der Waals surface area contributed by atoms with Crippen LogP contribution in [0.1, 0.15) is 31.7 Å². The van der Waals surface area contributed by atoms with Crippen LogP contribution in [-0.4, -0.2) is 20.2 Å². The van der Waals surface area contributed by atoms with E-state index in [-0.39, 0.29) is 0 Å². The van der Waals surface area contributed by atoms with Gasteiger partial charge in [-0.2, -0.15) is 0 Å². The summed E-state index contributed by atoms with van der Waals surface area (Å²) in [6, 6.07) is 5.98. The van der Waals surface area contributed by atoms with Crippen molar-refractivity contribution in [3.05, 3.63) is 23.8 Å². The molecule has 19 heavy (non-hydrogen) atoms. The average molecular weight is 257 g/mol. The van der Waals surface area contributed by atoms with Crippen molar-refractivity contribution in [1.29, 1.82) is 0 Å². The van der Waals surface area contributed by atoms with Crippen molar-refractivity contribution >= 4 is 5.69 Å². The minimum absolute atomic E-state index is 0.405. The van der Waals surface area contributed by atoms with Crippen LogP contribution in [0.15, 0.2) is 18.2 Å². The Hall–Kier alpha value is -1.91. The van der Waals surface area contributed by atoms with Crippen LogP contribution >= 0.6 is 0 Å². The summed E-state index contributed by atoms with van der Waals surface area (Å²) in [6.07, 6.45) is 3.72. The van der Waals surface area contributed by atoms with E-state index in [9.17, 15) is 0 Å². The van der Waals surface area contributed by atoms with E-state index < -0.39 is 0 Å². The third kappa shape index (κ3) is 2.09. The maximum atomic E-state index is 6.15. The van der Waals surface area contributed by atoms with Gasteiger partial charge in [-0.15, -0.1) is 5.10 Å². The zero-order chi connectivity index (χ0) is 13.5. The molecule has 0 amide bonds. The molecule has 1 heterocycles. The van der Waals surface area contributed by atoms with Crippen molar-refractivity contribution < 1.29 is 0 Å². The van der Waals surface area contributed by atoms with Crippen LogP contribution in [0.3, 0.4) is 0 Å². The summed E-state index contributed by atoms with van der Waals surface area (Å²) in [5, 5.41) is 12.1.